The summed E-state index contributed by atoms with van der Waals surface area (Å²) in [5.74, 6) is 2.15. The van der Waals surface area contributed by atoms with Gasteiger partial charge in [0.05, 0.1) is 5.69 Å². The van der Waals surface area contributed by atoms with E-state index in [2.05, 4.69) is 15.6 Å². The number of nitrogens with zero attached hydrogens (tertiary/aromatic N) is 1. The molecule has 2 heterocycles. The predicted molar refractivity (Wildman–Crippen MR) is 70.5 cm³/mol. The number of anilines is 1. The quantitative estimate of drug-likeness (QED) is 0.855. The molecule has 0 bridgehead atoms. The molecular weight excluding hydrogens is 246 g/mol. The Balaban J connectivity index is 1.44. The normalized spacial score (nSPS) is 32.8. The summed E-state index contributed by atoms with van der Waals surface area (Å²) in [5.41, 5.74) is 1.17. The number of nitrogens with one attached hydrogen (secondary N) is 2. The first-order valence-electron chi connectivity index (χ1n) is 6.80. The van der Waals surface area contributed by atoms with Gasteiger partial charge in [0.1, 0.15) is 0 Å². The Labute approximate surface area is 110 Å². The molecule has 0 aromatic carbocycles. The first kappa shape index (κ1) is 10.9. The Morgan fingerprint density at radius 2 is 2.17 bits per heavy atom. The number of amides is 1. The van der Waals surface area contributed by atoms with Crippen molar-refractivity contribution >= 4 is 22.4 Å². The van der Waals surface area contributed by atoms with Crippen LogP contribution in [0.2, 0.25) is 0 Å². The van der Waals surface area contributed by atoms with Crippen molar-refractivity contribution in [3.8, 4) is 0 Å². The van der Waals surface area contributed by atoms with Gasteiger partial charge in [-0.25, -0.2) is 4.98 Å². The minimum atomic E-state index is 0.196. The molecule has 4 rings (SSSR count). The highest BCUT2D eigenvalue weighted by atomic mass is 32.1. The van der Waals surface area contributed by atoms with E-state index in [4.69, 9.17) is 0 Å². The second-order valence-electron chi connectivity index (χ2n) is 5.73. The second kappa shape index (κ2) is 4.03. The van der Waals surface area contributed by atoms with Gasteiger partial charge in [0.25, 0.3) is 0 Å². The van der Waals surface area contributed by atoms with Crippen molar-refractivity contribution in [3.05, 3.63) is 10.6 Å². The third kappa shape index (κ3) is 1.86. The fourth-order valence-electron chi connectivity index (χ4n) is 3.32. The van der Waals surface area contributed by atoms with Gasteiger partial charge in [0.2, 0.25) is 5.91 Å². The van der Waals surface area contributed by atoms with Crippen LogP contribution in [0.4, 0.5) is 5.13 Å². The van der Waals surface area contributed by atoms with E-state index in [0.717, 1.165) is 49.3 Å². The molecule has 2 fully saturated rings. The van der Waals surface area contributed by atoms with Crippen LogP contribution < -0.4 is 10.6 Å². The van der Waals surface area contributed by atoms with E-state index in [9.17, 15) is 4.79 Å². The van der Waals surface area contributed by atoms with Crippen molar-refractivity contribution in [3.63, 3.8) is 0 Å². The van der Waals surface area contributed by atoms with Crippen LogP contribution in [0.1, 0.15) is 29.8 Å². The van der Waals surface area contributed by atoms with Crippen LogP contribution in [-0.2, 0) is 17.8 Å². The van der Waals surface area contributed by atoms with E-state index >= 15 is 0 Å². The van der Waals surface area contributed by atoms with Crippen molar-refractivity contribution in [2.45, 2.75) is 32.2 Å². The standard InChI is InChI=1S/C13H17N3OS/c17-12(9-4-7-3-8(7)5-9)16-13-15-10-1-2-14-6-11(10)18-13/h7-9,14H,1-6H2,(H,15,16,17). The van der Waals surface area contributed by atoms with Gasteiger partial charge in [-0.2, -0.15) is 0 Å². The summed E-state index contributed by atoms with van der Waals surface area (Å²) < 4.78 is 0. The largest absolute Gasteiger partial charge is 0.311 e. The Morgan fingerprint density at radius 3 is 2.94 bits per heavy atom. The summed E-state index contributed by atoms with van der Waals surface area (Å²) in [7, 11) is 0. The van der Waals surface area contributed by atoms with Crippen LogP contribution in [0.3, 0.4) is 0 Å². The number of fused-ring (bicyclic) bond motifs is 2. The van der Waals surface area contributed by atoms with Crippen LogP contribution in [0, 0.1) is 17.8 Å². The summed E-state index contributed by atoms with van der Waals surface area (Å²) in [5, 5.41) is 7.16. The molecule has 4 nitrogen and oxygen atoms in total. The van der Waals surface area contributed by atoms with Gasteiger partial charge in [-0.15, -0.1) is 11.3 Å². The molecule has 96 valence electrons. The molecule has 0 radical (unpaired) electrons. The summed E-state index contributed by atoms with van der Waals surface area (Å²) >= 11 is 1.63. The van der Waals surface area contributed by atoms with Crippen LogP contribution >= 0.6 is 11.3 Å². The maximum absolute atomic E-state index is 12.1. The molecule has 3 aliphatic rings. The van der Waals surface area contributed by atoms with Gasteiger partial charge >= 0.3 is 0 Å². The average molecular weight is 263 g/mol. The third-order valence-corrected chi connectivity index (χ3v) is 5.46. The first-order valence-corrected chi connectivity index (χ1v) is 7.61. The molecule has 2 N–H and O–H groups in total. The van der Waals surface area contributed by atoms with E-state index in [1.54, 1.807) is 11.3 Å². The number of carbonyl (C=O) groups excluding carboxylic acids is 1. The second-order valence-corrected chi connectivity index (χ2v) is 6.81. The predicted octanol–water partition coefficient (Wildman–Crippen LogP) is 1.77. The average Bonchev–Trinajstić information content (AvgIpc) is 2.83. The summed E-state index contributed by atoms with van der Waals surface area (Å²) in [6, 6.07) is 0. The van der Waals surface area contributed by atoms with Gasteiger partial charge in [-0.05, 0) is 31.1 Å². The molecule has 0 saturated heterocycles. The third-order valence-electron chi connectivity index (χ3n) is 4.45. The smallest absolute Gasteiger partial charge is 0.229 e. The van der Waals surface area contributed by atoms with Crippen molar-refractivity contribution < 1.29 is 4.79 Å². The van der Waals surface area contributed by atoms with Crippen molar-refractivity contribution in [2.75, 3.05) is 11.9 Å². The maximum Gasteiger partial charge on any atom is 0.229 e. The van der Waals surface area contributed by atoms with Gasteiger partial charge < -0.3 is 10.6 Å². The molecule has 2 atom stereocenters. The number of hydrogen-bond donors (Lipinski definition) is 2. The summed E-state index contributed by atoms with van der Waals surface area (Å²) in [6.45, 7) is 1.90. The molecule has 1 amide bonds. The van der Waals surface area contributed by atoms with Crippen molar-refractivity contribution in [1.29, 1.82) is 0 Å². The molecular formula is C13H17N3OS. The Hall–Kier alpha value is -0.940. The molecule has 0 spiro atoms. The van der Waals surface area contributed by atoms with Gasteiger partial charge in [0.15, 0.2) is 5.13 Å². The summed E-state index contributed by atoms with van der Waals surface area (Å²) in [6.07, 6.45) is 4.54. The Kier molecular flexibility index (Phi) is 2.45. The monoisotopic (exact) mass is 263 g/mol. The highest BCUT2D eigenvalue weighted by Gasteiger charge is 2.48. The van der Waals surface area contributed by atoms with E-state index in [-0.39, 0.29) is 11.8 Å². The molecule has 1 aliphatic heterocycles. The van der Waals surface area contributed by atoms with E-state index < -0.39 is 0 Å². The minimum Gasteiger partial charge on any atom is -0.311 e. The Bertz CT molecular complexity index is 465. The van der Waals surface area contributed by atoms with Crippen LogP contribution in [0.5, 0.6) is 0 Å². The lowest BCUT2D eigenvalue weighted by molar-refractivity contribution is -0.120. The number of thiazole rings is 1. The molecule has 18 heavy (non-hydrogen) atoms. The van der Waals surface area contributed by atoms with Crippen LogP contribution in [-0.4, -0.2) is 17.4 Å². The number of aromatic nitrogens is 1. The number of hydrogen-bond acceptors (Lipinski definition) is 4. The first-order chi connectivity index (χ1) is 8.79. The zero-order valence-electron chi connectivity index (χ0n) is 10.2. The minimum absolute atomic E-state index is 0.196. The van der Waals surface area contributed by atoms with Crippen LogP contribution in [0.25, 0.3) is 0 Å². The molecule has 5 heteroatoms. The Morgan fingerprint density at radius 1 is 1.33 bits per heavy atom. The molecule has 2 saturated carbocycles. The fourth-order valence-corrected chi connectivity index (χ4v) is 4.30. The van der Waals surface area contributed by atoms with E-state index in [1.807, 2.05) is 0 Å². The lowest BCUT2D eigenvalue weighted by atomic mass is 10.0. The molecule has 2 aliphatic carbocycles. The zero-order valence-corrected chi connectivity index (χ0v) is 11.1. The fraction of sp³-hybridized carbons (Fsp3) is 0.692. The SMILES string of the molecule is O=C(Nc1nc2c(s1)CNCC2)C1CC2CC2C1. The van der Waals surface area contributed by atoms with Gasteiger partial charge in [-0.1, -0.05) is 0 Å². The molecule has 1 aromatic heterocycles. The topological polar surface area (TPSA) is 54.0 Å². The van der Waals surface area contributed by atoms with Gasteiger partial charge in [-0.3, -0.25) is 4.79 Å². The lowest BCUT2D eigenvalue weighted by Crippen LogP contribution is -2.22. The number of rotatable bonds is 2. The van der Waals surface area contributed by atoms with Crippen molar-refractivity contribution in [2.24, 2.45) is 17.8 Å². The molecule has 2 unspecified atom stereocenters. The van der Waals surface area contributed by atoms with Gasteiger partial charge in [0, 0.05) is 30.3 Å². The van der Waals surface area contributed by atoms with E-state index in [0.29, 0.717) is 0 Å². The molecule has 1 aromatic rings. The van der Waals surface area contributed by atoms with E-state index in [1.165, 1.54) is 17.0 Å². The highest BCUT2D eigenvalue weighted by molar-refractivity contribution is 7.15. The highest BCUT2D eigenvalue weighted by Crippen LogP contribution is 2.54. The van der Waals surface area contributed by atoms with Crippen molar-refractivity contribution in [1.82, 2.24) is 10.3 Å². The maximum atomic E-state index is 12.1. The number of carbonyl (C=O) groups is 1. The lowest BCUT2D eigenvalue weighted by Gasteiger charge is -2.09. The van der Waals surface area contributed by atoms with Crippen LogP contribution in [0.15, 0.2) is 0 Å². The zero-order chi connectivity index (χ0) is 12.1. The summed E-state index contributed by atoms with van der Waals surface area (Å²) in [4.78, 5) is 18.0.